The Bertz CT molecular complexity index is 721. The number of likely N-dealkylation sites (tertiary alicyclic amines) is 1. The molecular formula is C21H37IN6OS. The SMILES string of the molecule is CN=C(NCc1sc(C)nc1C)N1CCN(CC(=O)N2CC(C)CC(C)C2)CC1.I. The largest absolute Gasteiger partial charge is 0.351 e. The van der Waals surface area contributed by atoms with Crippen molar-refractivity contribution in [3.8, 4) is 0 Å². The first-order valence-corrected chi connectivity index (χ1v) is 11.6. The molecule has 1 amide bonds. The van der Waals surface area contributed by atoms with Gasteiger partial charge in [-0.15, -0.1) is 35.3 Å². The van der Waals surface area contributed by atoms with Crippen molar-refractivity contribution in [2.45, 2.75) is 40.7 Å². The molecule has 3 rings (SSSR count). The van der Waals surface area contributed by atoms with Gasteiger partial charge in [0.1, 0.15) is 0 Å². The van der Waals surface area contributed by atoms with Crippen molar-refractivity contribution in [1.29, 1.82) is 0 Å². The molecule has 2 aliphatic heterocycles. The van der Waals surface area contributed by atoms with Gasteiger partial charge in [-0.1, -0.05) is 13.8 Å². The van der Waals surface area contributed by atoms with Crippen molar-refractivity contribution >= 4 is 47.2 Å². The van der Waals surface area contributed by atoms with Crippen molar-refractivity contribution in [3.05, 3.63) is 15.6 Å². The van der Waals surface area contributed by atoms with Crippen LogP contribution in [0.1, 0.15) is 35.8 Å². The number of guanidine groups is 1. The summed E-state index contributed by atoms with van der Waals surface area (Å²) in [6.45, 7) is 15.3. The second kappa shape index (κ2) is 11.6. The monoisotopic (exact) mass is 548 g/mol. The third-order valence-electron chi connectivity index (χ3n) is 5.87. The second-order valence-corrected chi connectivity index (χ2v) is 9.94. The Hall–Kier alpha value is -0.940. The maximum atomic E-state index is 12.8. The fourth-order valence-electron chi connectivity index (χ4n) is 4.50. The molecule has 9 heteroatoms. The molecule has 0 spiro atoms. The van der Waals surface area contributed by atoms with Gasteiger partial charge >= 0.3 is 0 Å². The van der Waals surface area contributed by atoms with Crippen molar-refractivity contribution in [2.75, 3.05) is 52.9 Å². The maximum absolute atomic E-state index is 12.8. The van der Waals surface area contributed by atoms with E-state index in [1.54, 1.807) is 11.3 Å². The summed E-state index contributed by atoms with van der Waals surface area (Å²) in [4.78, 5) is 29.6. The molecule has 1 N–H and O–H groups in total. The topological polar surface area (TPSA) is 64.1 Å². The fourth-order valence-corrected chi connectivity index (χ4v) is 5.38. The molecule has 0 radical (unpaired) electrons. The Labute approximate surface area is 202 Å². The summed E-state index contributed by atoms with van der Waals surface area (Å²) in [6, 6.07) is 0. The van der Waals surface area contributed by atoms with Crippen LogP contribution in [-0.4, -0.2) is 84.4 Å². The van der Waals surface area contributed by atoms with Gasteiger partial charge in [-0.05, 0) is 32.1 Å². The number of aromatic nitrogens is 1. The highest BCUT2D eigenvalue weighted by molar-refractivity contribution is 14.0. The van der Waals surface area contributed by atoms with Crippen molar-refractivity contribution in [1.82, 2.24) is 25.0 Å². The lowest BCUT2D eigenvalue weighted by Gasteiger charge is -2.39. The first kappa shape index (κ1) is 25.3. The van der Waals surface area contributed by atoms with Gasteiger partial charge in [0, 0.05) is 51.2 Å². The molecule has 2 atom stereocenters. The molecule has 0 bridgehead atoms. The van der Waals surface area contributed by atoms with Crippen LogP contribution < -0.4 is 5.32 Å². The van der Waals surface area contributed by atoms with E-state index >= 15 is 0 Å². The number of hydrogen-bond acceptors (Lipinski definition) is 5. The summed E-state index contributed by atoms with van der Waals surface area (Å²) in [5.41, 5.74) is 1.10. The van der Waals surface area contributed by atoms with Gasteiger partial charge in [-0.2, -0.15) is 0 Å². The fraction of sp³-hybridized carbons (Fsp3) is 0.762. The van der Waals surface area contributed by atoms with E-state index < -0.39 is 0 Å². The van der Waals surface area contributed by atoms with E-state index in [2.05, 4.69) is 50.8 Å². The molecule has 170 valence electrons. The molecule has 0 aliphatic carbocycles. The van der Waals surface area contributed by atoms with Crippen LogP contribution in [0.5, 0.6) is 0 Å². The van der Waals surface area contributed by atoms with E-state index in [-0.39, 0.29) is 29.9 Å². The lowest BCUT2D eigenvalue weighted by molar-refractivity contribution is -0.135. The van der Waals surface area contributed by atoms with Crippen LogP contribution in [0.15, 0.2) is 4.99 Å². The molecule has 30 heavy (non-hydrogen) atoms. The van der Waals surface area contributed by atoms with Crippen molar-refractivity contribution in [2.24, 2.45) is 16.8 Å². The molecule has 2 fully saturated rings. The minimum Gasteiger partial charge on any atom is -0.351 e. The van der Waals surface area contributed by atoms with Crippen molar-refractivity contribution < 1.29 is 4.79 Å². The van der Waals surface area contributed by atoms with Crippen LogP contribution in [0.25, 0.3) is 0 Å². The molecular weight excluding hydrogens is 511 g/mol. The van der Waals surface area contributed by atoms with Crippen LogP contribution in [0.3, 0.4) is 0 Å². The Balaban J connectivity index is 0.00000320. The Morgan fingerprint density at radius 3 is 2.30 bits per heavy atom. The molecule has 1 aromatic rings. The summed E-state index contributed by atoms with van der Waals surface area (Å²) in [7, 11) is 1.84. The first-order chi connectivity index (χ1) is 13.9. The van der Waals surface area contributed by atoms with Gasteiger partial charge in [-0.3, -0.25) is 14.7 Å². The molecule has 2 unspecified atom stereocenters. The number of piperidine rings is 1. The average molecular weight is 549 g/mol. The third kappa shape index (κ3) is 6.78. The number of amides is 1. The number of halogens is 1. The third-order valence-corrected chi connectivity index (χ3v) is 6.94. The van der Waals surface area contributed by atoms with E-state index in [1.807, 2.05) is 14.0 Å². The van der Waals surface area contributed by atoms with E-state index in [0.29, 0.717) is 18.4 Å². The van der Waals surface area contributed by atoms with E-state index in [0.717, 1.165) is 62.5 Å². The Kier molecular flexibility index (Phi) is 9.80. The van der Waals surface area contributed by atoms with E-state index in [1.165, 1.54) is 11.3 Å². The van der Waals surface area contributed by atoms with E-state index in [4.69, 9.17) is 0 Å². The summed E-state index contributed by atoms with van der Waals surface area (Å²) >= 11 is 1.74. The second-order valence-electron chi connectivity index (χ2n) is 8.65. The zero-order valence-corrected chi connectivity index (χ0v) is 22.1. The quantitative estimate of drug-likeness (QED) is 0.356. The first-order valence-electron chi connectivity index (χ1n) is 10.7. The van der Waals surface area contributed by atoms with Gasteiger partial charge < -0.3 is 15.1 Å². The highest BCUT2D eigenvalue weighted by Gasteiger charge is 2.28. The zero-order chi connectivity index (χ0) is 21.0. The summed E-state index contributed by atoms with van der Waals surface area (Å²) in [5.74, 6) is 2.44. The smallest absolute Gasteiger partial charge is 0.236 e. The predicted molar refractivity (Wildman–Crippen MR) is 135 cm³/mol. The predicted octanol–water partition coefficient (Wildman–Crippen LogP) is 2.58. The molecule has 7 nitrogen and oxygen atoms in total. The number of piperazine rings is 1. The standard InChI is InChI=1S/C21H36N6OS.HI/c1-15-10-16(2)13-27(12-15)20(28)14-25-6-8-26(9-7-25)21(22-5)23-11-19-17(3)24-18(4)29-19;/h15-16H,6-14H2,1-5H3,(H,22,23);1H. The van der Waals surface area contributed by atoms with Crippen LogP contribution in [-0.2, 0) is 11.3 Å². The number of nitrogens with one attached hydrogen (secondary N) is 1. The van der Waals surface area contributed by atoms with Gasteiger partial charge in [0.25, 0.3) is 0 Å². The lowest BCUT2D eigenvalue weighted by atomic mass is 9.92. The number of thiazole rings is 1. The van der Waals surface area contributed by atoms with Gasteiger partial charge in [0.2, 0.25) is 5.91 Å². The lowest BCUT2D eigenvalue weighted by Crippen LogP contribution is -2.55. The van der Waals surface area contributed by atoms with Crippen LogP contribution in [0, 0.1) is 25.7 Å². The molecule has 2 aliphatic rings. The minimum atomic E-state index is 0. The number of nitrogens with zero attached hydrogens (tertiary/aromatic N) is 5. The zero-order valence-electron chi connectivity index (χ0n) is 19.0. The highest BCUT2D eigenvalue weighted by Crippen LogP contribution is 2.21. The molecule has 1 aromatic heterocycles. The van der Waals surface area contributed by atoms with Crippen LogP contribution in [0.2, 0.25) is 0 Å². The highest BCUT2D eigenvalue weighted by atomic mass is 127. The minimum absolute atomic E-state index is 0. The van der Waals surface area contributed by atoms with E-state index in [9.17, 15) is 4.79 Å². The molecule has 0 saturated carbocycles. The molecule has 0 aromatic carbocycles. The molecule has 2 saturated heterocycles. The number of carbonyl (C=O) groups excluding carboxylic acids is 1. The number of rotatable bonds is 4. The van der Waals surface area contributed by atoms with Crippen LogP contribution >= 0.6 is 35.3 Å². The van der Waals surface area contributed by atoms with Gasteiger partial charge in [-0.25, -0.2) is 4.98 Å². The summed E-state index contributed by atoms with van der Waals surface area (Å²) in [5, 5.41) is 4.58. The van der Waals surface area contributed by atoms with Crippen molar-refractivity contribution in [3.63, 3.8) is 0 Å². The Morgan fingerprint density at radius 1 is 1.13 bits per heavy atom. The maximum Gasteiger partial charge on any atom is 0.236 e. The van der Waals surface area contributed by atoms with Gasteiger partial charge in [0.05, 0.1) is 23.8 Å². The normalized spacial score (nSPS) is 23.3. The number of hydrogen-bond donors (Lipinski definition) is 1. The Morgan fingerprint density at radius 2 is 1.77 bits per heavy atom. The summed E-state index contributed by atoms with van der Waals surface area (Å²) in [6.07, 6.45) is 1.23. The average Bonchev–Trinajstić information content (AvgIpc) is 3.00. The summed E-state index contributed by atoms with van der Waals surface area (Å²) < 4.78 is 0. The number of carbonyl (C=O) groups is 1. The van der Waals surface area contributed by atoms with Gasteiger partial charge in [0.15, 0.2) is 5.96 Å². The van der Waals surface area contributed by atoms with Crippen LogP contribution in [0.4, 0.5) is 0 Å². The number of aryl methyl sites for hydroxylation is 2. The number of aliphatic imine (C=N–C) groups is 1. The molecule has 3 heterocycles.